The number of rotatable bonds is 6. The summed E-state index contributed by atoms with van der Waals surface area (Å²) < 4.78 is 4.75. The van der Waals surface area contributed by atoms with Crippen molar-refractivity contribution in [1.29, 1.82) is 0 Å². The van der Waals surface area contributed by atoms with Crippen molar-refractivity contribution in [2.45, 2.75) is 38.8 Å². The molecule has 1 fully saturated rings. The van der Waals surface area contributed by atoms with Gasteiger partial charge in [0.15, 0.2) is 0 Å². The van der Waals surface area contributed by atoms with Crippen molar-refractivity contribution in [1.82, 2.24) is 9.80 Å². The van der Waals surface area contributed by atoms with E-state index in [1.54, 1.807) is 0 Å². The number of esters is 1. The normalized spacial score (nSPS) is 16.0. The lowest BCUT2D eigenvalue weighted by Gasteiger charge is -2.38. The lowest BCUT2D eigenvalue weighted by atomic mass is 10.0. The molecule has 150 valence electrons. The average molecular weight is 416 g/mol. The minimum Gasteiger partial charge on any atom is -0.465 e. The molecule has 0 spiro atoms. The first kappa shape index (κ1) is 22.0. The molecule has 0 aromatic heterocycles. The van der Waals surface area contributed by atoms with Gasteiger partial charge in [-0.3, -0.25) is 9.69 Å². The zero-order valence-corrected chi connectivity index (χ0v) is 17.7. The standard InChI is InChI=1S/C19H27Cl2N3O3/c1-12(2)24-7-5-14(6-8-24)23(3)11-17(25)22-18-15(19(26)27-4)9-13(20)10-16(18)21/h9-10,12,14H,5-8,11H2,1-4H3,(H,22,25). The molecule has 0 atom stereocenters. The summed E-state index contributed by atoms with van der Waals surface area (Å²) in [6, 6.07) is 3.81. The fraction of sp³-hybridized carbons (Fsp3) is 0.579. The predicted molar refractivity (Wildman–Crippen MR) is 109 cm³/mol. The van der Waals surface area contributed by atoms with Crippen LogP contribution >= 0.6 is 23.2 Å². The number of hydrogen-bond donors (Lipinski definition) is 1. The van der Waals surface area contributed by atoms with Gasteiger partial charge in [-0.25, -0.2) is 4.79 Å². The number of likely N-dealkylation sites (tertiary alicyclic amines) is 1. The summed E-state index contributed by atoms with van der Waals surface area (Å²) in [6.45, 7) is 6.68. The highest BCUT2D eigenvalue weighted by atomic mass is 35.5. The van der Waals surface area contributed by atoms with Gasteiger partial charge < -0.3 is 15.0 Å². The maximum atomic E-state index is 12.5. The molecule has 1 saturated heterocycles. The van der Waals surface area contributed by atoms with Crippen LogP contribution in [-0.4, -0.2) is 67.6 Å². The van der Waals surface area contributed by atoms with E-state index in [-0.39, 0.29) is 28.7 Å². The molecule has 1 amide bonds. The minimum absolute atomic E-state index is 0.135. The van der Waals surface area contributed by atoms with Crippen molar-refractivity contribution >= 4 is 40.8 Å². The molecule has 1 aliphatic heterocycles. The van der Waals surface area contributed by atoms with Crippen LogP contribution in [0.5, 0.6) is 0 Å². The first-order chi connectivity index (χ1) is 12.7. The number of methoxy groups -OCH3 is 1. The topological polar surface area (TPSA) is 61.9 Å². The Morgan fingerprint density at radius 3 is 2.48 bits per heavy atom. The summed E-state index contributed by atoms with van der Waals surface area (Å²) in [6.07, 6.45) is 2.05. The maximum Gasteiger partial charge on any atom is 0.340 e. The van der Waals surface area contributed by atoms with Crippen molar-refractivity contribution < 1.29 is 14.3 Å². The quantitative estimate of drug-likeness (QED) is 0.719. The highest BCUT2D eigenvalue weighted by Gasteiger charge is 2.25. The van der Waals surface area contributed by atoms with Crippen molar-refractivity contribution in [3.63, 3.8) is 0 Å². The first-order valence-corrected chi connectivity index (χ1v) is 9.80. The van der Waals surface area contributed by atoms with E-state index in [4.69, 9.17) is 27.9 Å². The van der Waals surface area contributed by atoms with E-state index in [9.17, 15) is 9.59 Å². The van der Waals surface area contributed by atoms with Crippen LogP contribution in [0.4, 0.5) is 5.69 Å². The Hall–Kier alpha value is -1.34. The zero-order chi connectivity index (χ0) is 20.1. The highest BCUT2D eigenvalue weighted by Crippen LogP contribution is 2.31. The molecule has 27 heavy (non-hydrogen) atoms. The van der Waals surface area contributed by atoms with Crippen LogP contribution in [0.3, 0.4) is 0 Å². The highest BCUT2D eigenvalue weighted by molar-refractivity contribution is 6.37. The monoisotopic (exact) mass is 415 g/mol. The molecular weight excluding hydrogens is 389 g/mol. The van der Waals surface area contributed by atoms with Gasteiger partial charge in [0.25, 0.3) is 0 Å². The van der Waals surface area contributed by atoms with E-state index >= 15 is 0 Å². The van der Waals surface area contributed by atoms with E-state index in [2.05, 4.69) is 29.0 Å². The molecule has 6 nitrogen and oxygen atoms in total. The zero-order valence-electron chi connectivity index (χ0n) is 16.2. The minimum atomic E-state index is -0.607. The van der Waals surface area contributed by atoms with E-state index < -0.39 is 5.97 Å². The van der Waals surface area contributed by atoms with Crippen LogP contribution in [-0.2, 0) is 9.53 Å². The van der Waals surface area contributed by atoms with Crippen LogP contribution in [0.2, 0.25) is 10.0 Å². The number of amides is 1. The third kappa shape index (κ3) is 5.82. The smallest absolute Gasteiger partial charge is 0.340 e. The summed E-state index contributed by atoms with van der Waals surface area (Å²) in [5.41, 5.74) is 0.359. The van der Waals surface area contributed by atoms with E-state index in [0.717, 1.165) is 25.9 Å². The predicted octanol–water partition coefficient (Wildman–Crippen LogP) is 3.52. The molecule has 0 bridgehead atoms. The van der Waals surface area contributed by atoms with Gasteiger partial charge in [-0.15, -0.1) is 0 Å². The summed E-state index contributed by atoms with van der Waals surface area (Å²) in [4.78, 5) is 29.0. The summed E-state index contributed by atoms with van der Waals surface area (Å²) in [5, 5.41) is 3.23. The molecule has 1 N–H and O–H groups in total. The van der Waals surface area contributed by atoms with Crippen molar-refractivity contribution in [3.8, 4) is 0 Å². The number of nitrogens with one attached hydrogen (secondary N) is 1. The lowest BCUT2D eigenvalue weighted by Crippen LogP contribution is -2.47. The SMILES string of the molecule is COC(=O)c1cc(Cl)cc(Cl)c1NC(=O)CN(C)C1CCN(C(C)C)CC1. The number of piperidine rings is 1. The fourth-order valence-electron chi connectivity index (χ4n) is 3.35. The summed E-state index contributed by atoms with van der Waals surface area (Å²) in [5.74, 6) is -0.845. The van der Waals surface area contributed by atoms with Gasteiger partial charge in [0.1, 0.15) is 0 Å². The Kier molecular flexibility index (Phi) is 7.91. The molecular formula is C19H27Cl2N3O3. The number of hydrogen-bond acceptors (Lipinski definition) is 5. The van der Waals surface area contributed by atoms with Gasteiger partial charge in [-0.05, 0) is 59.0 Å². The van der Waals surface area contributed by atoms with Crippen molar-refractivity contribution in [2.24, 2.45) is 0 Å². The molecule has 1 aromatic rings. The van der Waals surface area contributed by atoms with E-state index in [0.29, 0.717) is 17.1 Å². The third-order valence-corrected chi connectivity index (χ3v) is 5.49. The second-order valence-corrected chi connectivity index (χ2v) is 7.97. The van der Waals surface area contributed by atoms with Gasteiger partial charge in [0.05, 0.1) is 29.9 Å². The molecule has 0 aliphatic carbocycles. The fourth-order valence-corrected chi connectivity index (χ4v) is 3.89. The maximum absolute atomic E-state index is 12.5. The van der Waals surface area contributed by atoms with Crippen molar-refractivity contribution in [2.75, 3.05) is 39.1 Å². The first-order valence-electron chi connectivity index (χ1n) is 9.04. The number of anilines is 1. The summed E-state index contributed by atoms with van der Waals surface area (Å²) in [7, 11) is 3.21. The molecule has 1 aliphatic rings. The Labute approximate surface area is 170 Å². The van der Waals surface area contributed by atoms with E-state index in [1.165, 1.54) is 19.2 Å². The van der Waals surface area contributed by atoms with Gasteiger partial charge in [-0.1, -0.05) is 23.2 Å². The Morgan fingerprint density at radius 2 is 1.93 bits per heavy atom. The van der Waals surface area contributed by atoms with Crippen LogP contribution in [0, 0.1) is 0 Å². The number of carbonyl (C=O) groups excluding carboxylic acids is 2. The van der Waals surface area contributed by atoms with Crippen LogP contribution in [0.1, 0.15) is 37.0 Å². The molecule has 0 saturated carbocycles. The largest absolute Gasteiger partial charge is 0.465 e. The Balaban J connectivity index is 2.01. The number of ether oxygens (including phenoxy) is 1. The summed E-state index contributed by atoms with van der Waals surface area (Å²) >= 11 is 12.1. The van der Waals surface area contributed by atoms with Gasteiger partial charge in [-0.2, -0.15) is 0 Å². The molecule has 2 rings (SSSR count). The second-order valence-electron chi connectivity index (χ2n) is 7.13. The number of carbonyl (C=O) groups is 2. The Morgan fingerprint density at radius 1 is 1.30 bits per heavy atom. The second kappa shape index (κ2) is 9.73. The van der Waals surface area contributed by atoms with E-state index in [1.807, 2.05) is 7.05 Å². The number of nitrogens with zero attached hydrogens (tertiary/aromatic N) is 2. The van der Waals surface area contributed by atoms with Crippen LogP contribution in [0.15, 0.2) is 12.1 Å². The average Bonchev–Trinajstić information content (AvgIpc) is 2.63. The third-order valence-electron chi connectivity index (χ3n) is 4.97. The molecule has 1 heterocycles. The van der Waals surface area contributed by atoms with Gasteiger partial charge in [0, 0.05) is 17.1 Å². The number of likely N-dealkylation sites (N-methyl/N-ethyl adjacent to an activating group) is 1. The number of halogens is 2. The molecule has 8 heteroatoms. The molecule has 1 aromatic carbocycles. The Bertz CT molecular complexity index is 689. The molecule has 0 unspecified atom stereocenters. The molecule has 0 radical (unpaired) electrons. The van der Waals surface area contributed by atoms with Crippen molar-refractivity contribution in [3.05, 3.63) is 27.7 Å². The van der Waals surface area contributed by atoms with Crippen LogP contribution < -0.4 is 5.32 Å². The van der Waals surface area contributed by atoms with Gasteiger partial charge >= 0.3 is 5.97 Å². The van der Waals surface area contributed by atoms with Crippen LogP contribution in [0.25, 0.3) is 0 Å². The van der Waals surface area contributed by atoms with Gasteiger partial charge in [0.2, 0.25) is 5.91 Å². The lowest BCUT2D eigenvalue weighted by molar-refractivity contribution is -0.117. The number of benzene rings is 1.